The fraction of sp³-hybridized carbons (Fsp3) is 0.923. The van der Waals surface area contributed by atoms with Crippen LogP contribution in [0.4, 0.5) is 0 Å². The summed E-state index contributed by atoms with van der Waals surface area (Å²) >= 11 is 0. The van der Waals surface area contributed by atoms with Crippen LogP contribution in [0.25, 0.3) is 0 Å². The van der Waals surface area contributed by atoms with Gasteiger partial charge < -0.3 is 10.1 Å². The van der Waals surface area contributed by atoms with Crippen molar-refractivity contribution in [1.29, 1.82) is 0 Å². The Morgan fingerprint density at radius 2 is 1.95 bits per heavy atom. The van der Waals surface area contributed by atoms with Gasteiger partial charge in [0.2, 0.25) is 15.9 Å². The Morgan fingerprint density at radius 1 is 1.35 bits per heavy atom. The lowest BCUT2D eigenvalue weighted by Gasteiger charge is -2.40. The molecule has 0 radical (unpaired) electrons. The van der Waals surface area contributed by atoms with Crippen molar-refractivity contribution < 1.29 is 17.9 Å². The molecule has 7 heteroatoms. The van der Waals surface area contributed by atoms with E-state index in [1.165, 1.54) is 10.6 Å². The molecule has 20 heavy (non-hydrogen) atoms. The predicted molar refractivity (Wildman–Crippen MR) is 75.8 cm³/mol. The van der Waals surface area contributed by atoms with Crippen molar-refractivity contribution in [3.63, 3.8) is 0 Å². The number of nitrogens with one attached hydrogen (secondary N) is 1. The van der Waals surface area contributed by atoms with Gasteiger partial charge in [0.15, 0.2) is 0 Å². The van der Waals surface area contributed by atoms with Crippen molar-refractivity contribution in [3.8, 4) is 0 Å². The van der Waals surface area contributed by atoms with E-state index in [9.17, 15) is 13.2 Å². The summed E-state index contributed by atoms with van der Waals surface area (Å²) in [6, 6.07) is 0.0782. The minimum Gasteiger partial charge on any atom is -0.378 e. The largest absolute Gasteiger partial charge is 0.378 e. The molecule has 1 heterocycles. The molecule has 1 saturated heterocycles. The summed E-state index contributed by atoms with van der Waals surface area (Å²) in [6.07, 6.45) is 6.01. The Balaban J connectivity index is 1.76. The van der Waals surface area contributed by atoms with Crippen LogP contribution in [0, 0.1) is 0 Å². The average molecular weight is 304 g/mol. The van der Waals surface area contributed by atoms with E-state index in [4.69, 9.17) is 4.74 Å². The van der Waals surface area contributed by atoms with Gasteiger partial charge >= 0.3 is 0 Å². The maximum absolute atomic E-state index is 12.0. The third kappa shape index (κ3) is 3.71. The van der Waals surface area contributed by atoms with Gasteiger partial charge in [0.05, 0.1) is 18.3 Å². The van der Waals surface area contributed by atoms with Crippen molar-refractivity contribution >= 4 is 15.9 Å². The van der Waals surface area contributed by atoms with Crippen molar-refractivity contribution in [2.75, 3.05) is 26.5 Å². The summed E-state index contributed by atoms with van der Waals surface area (Å²) in [5.74, 6) is 0.0179. The molecular formula is C13H24N2O4S. The van der Waals surface area contributed by atoms with Gasteiger partial charge in [0.25, 0.3) is 0 Å². The van der Waals surface area contributed by atoms with E-state index in [0.29, 0.717) is 32.4 Å². The SMILES string of the molecule is COC1(CC(=O)NC2CCN(S(C)(=O)=O)CC2)CCC1. The Hall–Kier alpha value is -0.660. The highest BCUT2D eigenvalue weighted by Crippen LogP contribution is 2.37. The minimum atomic E-state index is -3.10. The standard InChI is InChI=1S/C13H24N2O4S/c1-19-13(6-3-7-13)10-12(16)14-11-4-8-15(9-5-11)20(2,17)18/h11H,3-10H2,1-2H3,(H,14,16). The van der Waals surface area contributed by atoms with E-state index < -0.39 is 10.0 Å². The molecule has 1 N–H and O–H groups in total. The fourth-order valence-electron chi connectivity index (χ4n) is 2.93. The normalized spacial score (nSPS) is 24.1. The minimum absolute atomic E-state index is 0.0179. The Morgan fingerprint density at radius 3 is 2.35 bits per heavy atom. The van der Waals surface area contributed by atoms with Crippen LogP contribution in [0.5, 0.6) is 0 Å². The number of piperidine rings is 1. The summed E-state index contributed by atoms with van der Waals surface area (Å²) < 4.78 is 29.7. The lowest BCUT2D eigenvalue weighted by atomic mass is 9.77. The monoisotopic (exact) mass is 304 g/mol. The molecule has 0 aromatic heterocycles. The van der Waals surface area contributed by atoms with Crippen molar-refractivity contribution in [3.05, 3.63) is 0 Å². The van der Waals surface area contributed by atoms with Crippen LogP contribution in [0.1, 0.15) is 38.5 Å². The van der Waals surface area contributed by atoms with E-state index in [-0.39, 0.29) is 17.6 Å². The zero-order valence-corrected chi connectivity index (χ0v) is 13.0. The molecule has 1 aliphatic carbocycles. The molecule has 1 saturated carbocycles. The highest BCUT2D eigenvalue weighted by atomic mass is 32.2. The van der Waals surface area contributed by atoms with Crippen LogP contribution in [-0.2, 0) is 19.6 Å². The molecule has 1 aliphatic heterocycles. The molecule has 0 spiro atoms. The van der Waals surface area contributed by atoms with Crippen molar-refractivity contribution in [2.45, 2.75) is 50.2 Å². The summed E-state index contributed by atoms with van der Waals surface area (Å²) in [6.45, 7) is 0.971. The molecule has 0 aromatic carbocycles. The molecule has 1 amide bonds. The maximum Gasteiger partial charge on any atom is 0.223 e. The van der Waals surface area contributed by atoms with Gasteiger partial charge in [-0.05, 0) is 32.1 Å². The highest BCUT2D eigenvalue weighted by Gasteiger charge is 2.39. The van der Waals surface area contributed by atoms with Gasteiger partial charge in [-0.3, -0.25) is 4.79 Å². The van der Waals surface area contributed by atoms with Crippen LogP contribution < -0.4 is 5.32 Å². The zero-order chi connectivity index (χ0) is 14.8. The number of hydrogen-bond acceptors (Lipinski definition) is 4. The van der Waals surface area contributed by atoms with Crippen LogP contribution in [0.2, 0.25) is 0 Å². The topological polar surface area (TPSA) is 75.7 Å². The van der Waals surface area contributed by atoms with E-state index in [0.717, 1.165) is 19.3 Å². The first-order valence-corrected chi connectivity index (χ1v) is 8.99. The number of nitrogens with zero attached hydrogens (tertiary/aromatic N) is 1. The van der Waals surface area contributed by atoms with Gasteiger partial charge in [-0.15, -0.1) is 0 Å². The van der Waals surface area contributed by atoms with Gasteiger partial charge in [-0.1, -0.05) is 0 Å². The Labute approximate surface area is 120 Å². The quantitative estimate of drug-likeness (QED) is 0.802. The summed E-state index contributed by atoms with van der Waals surface area (Å²) in [7, 11) is -1.44. The number of amides is 1. The molecular weight excluding hydrogens is 280 g/mol. The molecule has 116 valence electrons. The third-order valence-corrected chi connectivity index (χ3v) is 5.77. The zero-order valence-electron chi connectivity index (χ0n) is 12.2. The van der Waals surface area contributed by atoms with Gasteiger partial charge in [0.1, 0.15) is 0 Å². The summed E-state index contributed by atoms with van der Waals surface area (Å²) in [5.41, 5.74) is -0.252. The second kappa shape index (κ2) is 5.99. The number of ether oxygens (including phenoxy) is 1. The molecule has 0 aromatic rings. The van der Waals surface area contributed by atoms with Gasteiger partial charge in [0, 0.05) is 26.2 Å². The highest BCUT2D eigenvalue weighted by molar-refractivity contribution is 7.88. The van der Waals surface area contributed by atoms with E-state index in [1.54, 1.807) is 7.11 Å². The second-order valence-corrected chi connectivity index (χ2v) is 7.90. The first-order valence-electron chi connectivity index (χ1n) is 7.14. The number of methoxy groups -OCH3 is 1. The average Bonchev–Trinajstić information content (AvgIpc) is 2.33. The number of carbonyl (C=O) groups excluding carboxylic acids is 1. The Kier molecular flexibility index (Phi) is 4.71. The fourth-order valence-corrected chi connectivity index (χ4v) is 3.80. The molecule has 6 nitrogen and oxygen atoms in total. The molecule has 2 aliphatic rings. The number of rotatable bonds is 5. The number of carbonyl (C=O) groups is 1. The molecule has 2 rings (SSSR count). The third-order valence-electron chi connectivity index (χ3n) is 4.47. The maximum atomic E-state index is 12.0. The van der Waals surface area contributed by atoms with Crippen LogP contribution in [0.15, 0.2) is 0 Å². The van der Waals surface area contributed by atoms with E-state index in [2.05, 4.69) is 5.32 Å². The van der Waals surface area contributed by atoms with E-state index >= 15 is 0 Å². The number of sulfonamides is 1. The lowest BCUT2D eigenvalue weighted by molar-refractivity contribution is -0.135. The van der Waals surface area contributed by atoms with Crippen LogP contribution >= 0.6 is 0 Å². The molecule has 2 fully saturated rings. The predicted octanol–water partition coefficient (Wildman–Crippen LogP) is 0.486. The summed E-state index contributed by atoms with van der Waals surface area (Å²) in [5, 5.41) is 3.01. The second-order valence-electron chi connectivity index (χ2n) is 5.92. The van der Waals surface area contributed by atoms with Crippen molar-refractivity contribution in [1.82, 2.24) is 9.62 Å². The van der Waals surface area contributed by atoms with Gasteiger partial charge in [-0.25, -0.2) is 12.7 Å². The molecule has 0 bridgehead atoms. The molecule has 0 atom stereocenters. The van der Waals surface area contributed by atoms with Gasteiger partial charge in [-0.2, -0.15) is 0 Å². The first-order chi connectivity index (χ1) is 9.35. The Bertz CT molecular complexity index is 445. The smallest absolute Gasteiger partial charge is 0.223 e. The lowest BCUT2D eigenvalue weighted by Crippen LogP contribution is -2.49. The van der Waals surface area contributed by atoms with Crippen molar-refractivity contribution in [2.24, 2.45) is 0 Å². The number of hydrogen-bond donors (Lipinski definition) is 1. The van der Waals surface area contributed by atoms with E-state index in [1.807, 2.05) is 0 Å². The van der Waals surface area contributed by atoms with Crippen LogP contribution in [0.3, 0.4) is 0 Å². The van der Waals surface area contributed by atoms with Crippen LogP contribution in [-0.4, -0.2) is 56.7 Å². The first kappa shape index (κ1) is 15.7. The molecule has 0 unspecified atom stereocenters. The summed E-state index contributed by atoms with van der Waals surface area (Å²) in [4.78, 5) is 12.0.